The maximum absolute atomic E-state index is 3.70. The molecule has 0 aliphatic carbocycles. The van der Waals surface area contributed by atoms with Crippen molar-refractivity contribution in [3.8, 4) is 0 Å². The number of aryl methyl sites for hydroxylation is 1. The van der Waals surface area contributed by atoms with Gasteiger partial charge in [0.25, 0.3) is 0 Å². The van der Waals surface area contributed by atoms with Crippen LogP contribution < -0.4 is 5.32 Å². The van der Waals surface area contributed by atoms with Gasteiger partial charge in [0.1, 0.15) is 0 Å². The van der Waals surface area contributed by atoms with E-state index in [-0.39, 0.29) is 0 Å². The summed E-state index contributed by atoms with van der Waals surface area (Å²) in [5.41, 5.74) is 1.46. The van der Waals surface area contributed by atoms with Crippen molar-refractivity contribution in [1.82, 2.24) is 5.32 Å². The first-order valence-electron chi connectivity index (χ1n) is 7.65. The van der Waals surface area contributed by atoms with Crippen molar-refractivity contribution in [3.63, 3.8) is 0 Å². The van der Waals surface area contributed by atoms with Crippen molar-refractivity contribution in [2.24, 2.45) is 0 Å². The monoisotopic (exact) mass is 279 g/mol. The lowest BCUT2D eigenvalue weighted by Crippen LogP contribution is -2.33. The van der Waals surface area contributed by atoms with E-state index in [1.807, 2.05) is 0 Å². The lowest BCUT2D eigenvalue weighted by molar-refractivity contribution is 0.519. The Morgan fingerprint density at radius 2 is 1.89 bits per heavy atom. The lowest BCUT2D eigenvalue weighted by atomic mass is 10.1. The molecule has 1 aromatic carbocycles. The molecule has 1 nitrogen and oxygen atoms in total. The molecular weight excluding hydrogens is 250 g/mol. The Bertz CT molecular complexity index is 312. The molecule has 0 heterocycles. The molecule has 0 radical (unpaired) electrons. The first-order chi connectivity index (χ1) is 9.26. The van der Waals surface area contributed by atoms with Crippen molar-refractivity contribution in [3.05, 3.63) is 35.9 Å². The molecule has 0 saturated carbocycles. The van der Waals surface area contributed by atoms with Gasteiger partial charge in [-0.05, 0) is 37.8 Å². The molecule has 108 valence electrons. The van der Waals surface area contributed by atoms with Crippen LogP contribution >= 0.6 is 11.8 Å². The summed E-state index contributed by atoms with van der Waals surface area (Å²) in [6.45, 7) is 7.98. The zero-order chi connectivity index (χ0) is 13.9. The SMILES string of the molecule is CCCNC(CCc1ccccc1)CSC(C)CC. The number of thioether (sulfide) groups is 1. The number of rotatable bonds is 10. The van der Waals surface area contributed by atoms with Crippen LogP contribution in [0.2, 0.25) is 0 Å². The molecule has 0 bridgehead atoms. The van der Waals surface area contributed by atoms with Crippen molar-refractivity contribution >= 4 is 11.8 Å². The molecule has 0 aromatic heterocycles. The van der Waals surface area contributed by atoms with Gasteiger partial charge in [0.05, 0.1) is 0 Å². The van der Waals surface area contributed by atoms with Crippen LogP contribution in [-0.2, 0) is 6.42 Å². The summed E-state index contributed by atoms with van der Waals surface area (Å²) in [5.74, 6) is 1.24. The average Bonchev–Trinajstić information content (AvgIpc) is 2.47. The van der Waals surface area contributed by atoms with Crippen molar-refractivity contribution in [1.29, 1.82) is 0 Å². The molecule has 2 unspecified atom stereocenters. The Hall–Kier alpha value is -0.470. The number of nitrogens with one attached hydrogen (secondary N) is 1. The second-order valence-electron chi connectivity index (χ2n) is 5.23. The maximum Gasteiger partial charge on any atom is 0.0161 e. The van der Waals surface area contributed by atoms with Gasteiger partial charge in [0.2, 0.25) is 0 Å². The molecule has 1 rings (SSSR count). The van der Waals surface area contributed by atoms with Gasteiger partial charge in [-0.15, -0.1) is 0 Å². The van der Waals surface area contributed by atoms with Gasteiger partial charge in [0, 0.05) is 17.0 Å². The number of benzene rings is 1. The fraction of sp³-hybridized carbons (Fsp3) is 0.647. The van der Waals surface area contributed by atoms with Crippen LogP contribution in [0.1, 0.15) is 45.6 Å². The standard InChI is InChI=1S/C17H29NS/c1-4-13-18-17(14-19-15(3)5-2)12-11-16-9-7-6-8-10-16/h6-10,15,17-18H,4-5,11-14H2,1-3H3. The van der Waals surface area contributed by atoms with Gasteiger partial charge >= 0.3 is 0 Å². The lowest BCUT2D eigenvalue weighted by Gasteiger charge is -2.20. The second kappa shape index (κ2) is 10.3. The van der Waals surface area contributed by atoms with Crippen LogP contribution in [0.25, 0.3) is 0 Å². The molecule has 0 aliphatic heterocycles. The predicted molar refractivity (Wildman–Crippen MR) is 89.1 cm³/mol. The summed E-state index contributed by atoms with van der Waals surface area (Å²) >= 11 is 2.11. The normalized spacial score (nSPS) is 14.3. The molecule has 2 heteroatoms. The van der Waals surface area contributed by atoms with Crippen molar-refractivity contribution in [2.45, 2.75) is 57.7 Å². The van der Waals surface area contributed by atoms with Crippen LogP contribution in [0.3, 0.4) is 0 Å². The zero-order valence-electron chi connectivity index (χ0n) is 12.7. The first kappa shape index (κ1) is 16.6. The first-order valence-corrected chi connectivity index (χ1v) is 8.70. The highest BCUT2D eigenvalue weighted by molar-refractivity contribution is 7.99. The van der Waals surface area contributed by atoms with Gasteiger partial charge in [-0.2, -0.15) is 11.8 Å². The summed E-state index contributed by atoms with van der Waals surface area (Å²) in [7, 11) is 0. The third kappa shape index (κ3) is 7.64. The molecule has 2 atom stereocenters. The molecular formula is C17H29NS. The van der Waals surface area contributed by atoms with Crippen LogP contribution in [0.15, 0.2) is 30.3 Å². The summed E-state index contributed by atoms with van der Waals surface area (Å²) in [6.07, 6.45) is 4.91. The van der Waals surface area contributed by atoms with E-state index in [0.717, 1.165) is 11.8 Å². The Labute approximate surface area is 123 Å². The summed E-state index contributed by atoms with van der Waals surface area (Å²) in [6, 6.07) is 11.5. The van der Waals surface area contributed by atoms with E-state index < -0.39 is 0 Å². The van der Waals surface area contributed by atoms with Gasteiger partial charge in [-0.1, -0.05) is 51.1 Å². The van der Waals surface area contributed by atoms with E-state index in [1.54, 1.807) is 0 Å². The highest BCUT2D eigenvalue weighted by Crippen LogP contribution is 2.17. The van der Waals surface area contributed by atoms with Gasteiger partial charge < -0.3 is 5.32 Å². The van der Waals surface area contributed by atoms with Crippen LogP contribution in [0.4, 0.5) is 0 Å². The average molecular weight is 279 g/mol. The quantitative estimate of drug-likeness (QED) is 0.676. The van der Waals surface area contributed by atoms with E-state index in [9.17, 15) is 0 Å². The number of hydrogen-bond donors (Lipinski definition) is 1. The molecule has 0 saturated heterocycles. The van der Waals surface area contributed by atoms with E-state index in [2.05, 4.69) is 68.2 Å². The smallest absolute Gasteiger partial charge is 0.0161 e. The van der Waals surface area contributed by atoms with Gasteiger partial charge in [0.15, 0.2) is 0 Å². The minimum atomic E-state index is 0.652. The second-order valence-corrected chi connectivity index (χ2v) is 6.70. The Balaban J connectivity index is 2.35. The molecule has 1 aromatic rings. The minimum absolute atomic E-state index is 0.652. The Kier molecular flexibility index (Phi) is 9.02. The van der Waals surface area contributed by atoms with Gasteiger partial charge in [-0.3, -0.25) is 0 Å². The molecule has 0 fully saturated rings. The van der Waals surface area contributed by atoms with Crippen molar-refractivity contribution in [2.75, 3.05) is 12.3 Å². The maximum atomic E-state index is 3.70. The third-order valence-electron chi connectivity index (χ3n) is 3.46. The Morgan fingerprint density at radius 1 is 1.16 bits per heavy atom. The fourth-order valence-electron chi connectivity index (χ4n) is 1.98. The third-order valence-corrected chi connectivity index (χ3v) is 4.96. The van der Waals surface area contributed by atoms with Gasteiger partial charge in [-0.25, -0.2) is 0 Å². The molecule has 19 heavy (non-hydrogen) atoms. The van der Waals surface area contributed by atoms with E-state index in [4.69, 9.17) is 0 Å². The minimum Gasteiger partial charge on any atom is -0.313 e. The van der Waals surface area contributed by atoms with E-state index >= 15 is 0 Å². The highest BCUT2D eigenvalue weighted by Gasteiger charge is 2.10. The van der Waals surface area contributed by atoms with Crippen molar-refractivity contribution < 1.29 is 0 Å². The predicted octanol–water partition coefficient (Wildman–Crippen LogP) is 4.52. The van der Waals surface area contributed by atoms with Crippen LogP contribution in [-0.4, -0.2) is 23.6 Å². The van der Waals surface area contributed by atoms with E-state index in [1.165, 1.54) is 37.0 Å². The molecule has 0 spiro atoms. The van der Waals surface area contributed by atoms with E-state index in [0.29, 0.717) is 6.04 Å². The van der Waals surface area contributed by atoms with Crippen LogP contribution in [0.5, 0.6) is 0 Å². The number of hydrogen-bond acceptors (Lipinski definition) is 2. The molecule has 1 N–H and O–H groups in total. The zero-order valence-corrected chi connectivity index (χ0v) is 13.5. The largest absolute Gasteiger partial charge is 0.313 e. The fourth-order valence-corrected chi connectivity index (χ4v) is 3.06. The topological polar surface area (TPSA) is 12.0 Å². The summed E-state index contributed by atoms with van der Waals surface area (Å²) < 4.78 is 0. The molecule has 0 aliphatic rings. The summed E-state index contributed by atoms with van der Waals surface area (Å²) in [4.78, 5) is 0. The Morgan fingerprint density at radius 3 is 2.53 bits per heavy atom. The highest BCUT2D eigenvalue weighted by atomic mass is 32.2. The summed E-state index contributed by atoms with van der Waals surface area (Å²) in [5, 5.41) is 4.48. The molecule has 0 amide bonds. The van der Waals surface area contributed by atoms with Crippen LogP contribution in [0, 0.1) is 0 Å².